The maximum Gasteiger partial charge on any atom is 0.323 e. The van der Waals surface area contributed by atoms with E-state index in [0.717, 1.165) is 23.0 Å². The zero-order valence-electron chi connectivity index (χ0n) is 15.9. The fraction of sp³-hybridized carbons (Fsp3) is 0.136. The van der Waals surface area contributed by atoms with Crippen LogP contribution in [0.15, 0.2) is 65.5 Å². The van der Waals surface area contributed by atoms with Crippen molar-refractivity contribution in [2.24, 2.45) is 0 Å². The van der Waals surface area contributed by atoms with Crippen molar-refractivity contribution in [1.82, 2.24) is 20.0 Å². The number of carbonyl (C=O) groups excluding carboxylic acids is 1. The lowest BCUT2D eigenvalue weighted by atomic mass is 10.00. The molecule has 2 amide bonds. The van der Waals surface area contributed by atoms with Gasteiger partial charge < -0.3 is 14.4 Å². The highest BCUT2D eigenvalue weighted by molar-refractivity contribution is 5.92. The molecule has 1 aliphatic rings. The van der Waals surface area contributed by atoms with E-state index < -0.39 is 0 Å². The predicted molar refractivity (Wildman–Crippen MR) is 111 cm³/mol. The van der Waals surface area contributed by atoms with Crippen LogP contribution in [0.3, 0.4) is 0 Å². The van der Waals surface area contributed by atoms with E-state index in [1.54, 1.807) is 29.3 Å². The summed E-state index contributed by atoms with van der Waals surface area (Å²) in [6.45, 7) is 1.07. The van der Waals surface area contributed by atoms with E-state index in [1.165, 1.54) is 17.7 Å². The molecule has 0 fully saturated rings. The number of hydrogen-bond donors (Lipinski definition) is 2. The first-order valence-electron chi connectivity index (χ1n) is 9.57. The molecule has 2 N–H and O–H groups in total. The van der Waals surface area contributed by atoms with Crippen molar-refractivity contribution in [2.75, 3.05) is 18.4 Å². The number of urea groups is 1. The van der Waals surface area contributed by atoms with Gasteiger partial charge in [-0.25, -0.2) is 14.2 Å². The van der Waals surface area contributed by atoms with Crippen LogP contribution in [0, 0.1) is 5.82 Å². The van der Waals surface area contributed by atoms with Crippen LogP contribution in [0.4, 0.5) is 15.0 Å². The summed E-state index contributed by atoms with van der Waals surface area (Å²) in [5, 5.41) is 7.68. The SMILES string of the molecule is O=C(Nc1cc(-c2cccc(F)c2)on1)N1CC=C(c2c[nH]c3ncccc23)CC1. The highest BCUT2D eigenvalue weighted by Gasteiger charge is 2.20. The Labute approximate surface area is 171 Å². The summed E-state index contributed by atoms with van der Waals surface area (Å²) in [7, 11) is 0. The topological polar surface area (TPSA) is 87.0 Å². The third kappa shape index (κ3) is 3.43. The first-order valence-corrected chi connectivity index (χ1v) is 9.57. The second-order valence-corrected chi connectivity index (χ2v) is 7.04. The molecule has 8 heteroatoms. The number of halogens is 1. The number of aromatic amines is 1. The molecule has 4 heterocycles. The van der Waals surface area contributed by atoms with Crippen molar-refractivity contribution in [1.29, 1.82) is 0 Å². The molecule has 0 saturated carbocycles. The number of rotatable bonds is 3. The summed E-state index contributed by atoms with van der Waals surface area (Å²) in [5.41, 5.74) is 3.72. The highest BCUT2D eigenvalue weighted by Crippen LogP contribution is 2.29. The zero-order chi connectivity index (χ0) is 20.5. The average molecular weight is 403 g/mol. The summed E-state index contributed by atoms with van der Waals surface area (Å²) >= 11 is 0. The lowest BCUT2D eigenvalue weighted by molar-refractivity contribution is 0.216. The van der Waals surface area contributed by atoms with Gasteiger partial charge in [-0.3, -0.25) is 5.32 Å². The quantitative estimate of drug-likeness (QED) is 0.520. The van der Waals surface area contributed by atoms with Crippen molar-refractivity contribution in [3.8, 4) is 11.3 Å². The fourth-order valence-corrected chi connectivity index (χ4v) is 3.62. The van der Waals surface area contributed by atoms with Crippen molar-refractivity contribution < 1.29 is 13.7 Å². The molecule has 3 aromatic heterocycles. The Balaban J connectivity index is 1.26. The number of nitrogens with one attached hydrogen (secondary N) is 2. The van der Waals surface area contributed by atoms with E-state index in [4.69, 9.17) is 4.52 Å². The van der Waals surface area contributed by atoms with Gasteiger partial charge in [0.2, 0.25) is 0 Å². The number of amides is 2. The van der Waals surface area contributed by atoms with E-state index in [-0.39, 0.29) is 17.7 Å². The van der Waals surface area contributed by atoms with Crippen LogP contribution in [0.5, 0.6) is 0 Å². The molecule has 7 nitrogen and oxygen atoms in total. The standard InChI is InChI=1S/C22H18FN5O2/c23-16-4-1-3-15(11-16)19-12-20(27-30-19)26-22(29)28-9-6-14(7-10-28)18-13-25-21-17(18)5-2-8-24-21/h1-6,8,11-13H,7,9-10H2,(H,24,25)(H,26,27,29). The maximum atomic E-state index is 13.4. The van der Waals surface area contributed by atoms with E-state index in [0.29, 0.717) is 24.4 Å². The Hall–Kier alpha value is -3.94. The smallest absolute Gasteiger partial charge is 0.323 e. The Morgan fingerprint density at radius 3 is 3.00 bits per heavy atom. The van der Waals surface area contributed by atoms with Gasteiger partial charge in [-0.15, -0.1) is 0 Å². The van der Waals surface area contributed by atoms with Crippen LogP contribution in [-0.4, -0.2) is 39.1 Å². The Bertz CT molecular complexity index is 1260. The maximum absolute atomic E-state index is 13.4. The molecule has 0 spiro atoms. The zero-order valence-corrected chi connectivity index (χ0v) is 15.9. The van der Waals surface area contributed by atoms with Crippen molar-refractivity contribution in [2.45, 2.75) is 6.42 Å². The van der Waals surface area contributed by atoms with Gasteiger partial charge in [-0.2, -0.15) is 0 Å². The molecule has 0 radical (unpaired) electrons. The Kier molecular flexibility index (Phi) is 4.51. The van der Waals surface area contributed by atoms with E-state index in [2.05, 4.69) is 26.5 Å². The van der Waals surface area contributed by atoms with E-state index in [9.17, 15) is 9.18 Å². The van der Waals surface area contributed by atoms with Gasteiger partial charge in [-0.05, 0) is 36.3 Å². The van der Waals surface area contributed by atoms with E-state index in [1.807, 2.05) is 18.3 Å². The van der Waals surface area contributed by atoms with Gasteiger partial charge in [0.15, 0.2) is 11.6 Å². The third-order valence-electron chi connectivity index (χ3n) is 5.15. The van der Waals surface area contributed by atoms with Crippen LogP contribution >= 0.6 is 0 Å². The number of hydrogen-bond acceptors (Lipinski definition) is 4. The van der Waals surface area contributed by atoms with Crippen LogP contribution in [0.25, 0.3) is 27.9 Å². The first kappa shape index (κ1) is 18.1. The van der Waals surface area contributed by atoms with Gasteiger partial charge in [0.05, 0.1) is 0 Å². The van der Waals surface area contributed by atoms with Crippen LogP contribution in [-0.2, 0) is 0 Å². The number of fused-ring (bicyclic) bond motifs is 1. The van der Waals surface area contributed by atoms with Crippen molar-refractivity contribution in [3.63, 3.8) is 0 Å². The Morgan fingerprint density at radius 2 is 2.17 bits per heavy atom. The van der Waals surface area contributed by atoms with Gasteiger partial charge in [-0.1, -0.05) is 23.4 Å². The number of carbonyl (C=O) groups is 1. The molecule has 0 aliphatic carbocycles. The fourth-order valence-electron chi connectivity index (χ4n) is 3.62. The minimum Gasteiger partial charge on any atom is -0.354 e. The number of aromatic nitrogens is 3. The number of anilines is 1. The molecule has 5 rings (SSSR count). The largest absolute Gasteiger partial charge is 0.354 e. The highest BCUT2D eigenvalue weighted by atomic mass is 19.1. The summed E-state index contributed by atoms with van der Waals surface area (Å²) in [6, 6.07) is 11.3. The minimum atomic E-state index is -0.364. The number of H-pyrrole nitrogens is 1. The lowest BCUT2D eigenvalue weighted by Gasteiger charge is -2.26. The van der Waals surface area contributed by atoms with Crippen molar-refractivity contribution >= 4 is 28.5 Å². The molecule has 150 valence electrons. The number of benzene rings is 1. The second-order valence-electron chi connectivity index (χ2n) is 7.04. The molecule has 0 saturated heterocycles. The Morgan fingerprint density at radius 1 is 1.23 bits per heavy atom. The average Bonchev–Trinajstić information content (AvgIpc) is 3.41. The van der Waals surface area contributed by atoms with E-state index >= 15 is 0 Å². The van der Waals surface area contributed by atoms with Crippen molar-refractivity contribution in [3.05, 3.63) is 72.3 Å². The molecule has 0 bridgehead atoms. The normalized spacial score (nSPS) is 14.0. The predicted octanol–water partition coefficient (Wildman–Crippen LogP) is 4.68. The van der Waals surface area contributed by atoms with Crippen LogP contribution in [0.2, 0.25) is 0 Å². The third-order valence-corrected chi connectivity index (χ3v) is 5.15. The first-order chi connectivity index (χ1) is 14.7. The molecular weight excluding hydrogens is 385 g/mol. The molecule has 30 heavy (non-hydrogen) atoms. The molecule has 0 atom stereocenters. The van der Waals surface area contributed by atoms with Crippen LogP contribution < -0.4 is 5.32 Å². The summed E-state index contributed by atoms with van der Waals surface area (Å²) in [5.74, 6) is 0.312. The monoisotopic (exact) mass is 403 g/mol. The molecule has 4 aromatic rings. The van der Waals surface area contributed by atoms with Crippen LogP contribution in [0.1, 0.15) is 12.0 Å². The van der Waals surface area contributed by atoms with Gasteiger partial charge in [0, 0.05) is 48.1 Å². The molecule has 1 aliphatic heterocycles. The summed E-state index contributed by atoms with van der Waals surface area (Å²) < 4.78 is 18.6. The van der Waals surface area contributed by atoms with Gasteiger partial charge in [0.1, 0.15) is 11.5 Å². The summed E-state index contributed by atoms with van der Waals surface area (Å²) in [6.07, 6.45) is 6.51. The molecular formula is C22H18FN5O2. The number of nitrogens with zero attached hydrogens (tertiary/aromatic N) is 3. The molecule has 0 unspecified atom stereocenters. The van der Waals surface area contributed by atoms with Gasteiger partial charge in [0.25, 0.3) is 0 Å². The second kappa shape index (κ2) is 7.47. The lowest BCUT2D eigenvalue weighted by Crippen LogP contribution is -2.37. The van der Waals surface area contributed by atoms with Gasteiger partial charge >= 0.3 is 6.03 Å². The number of pyridine rings is 1. The minimum absolute atomic E-state index is 0.259. The summed E-state index contributed by atoms with van der Waals surface area (Å²) in [4.78, 5) is 21.8. The molecule has 1 aromatic carbocycles.